The molecule has 1 amide bonds. The first-order chi connectivity index (χ1) is 6.29. The standard InChI is InChI=1S/C9H10NO3/c1-2-13-10(7-11)8-5-3-4-6-9(8)12/h3,5-7,12H,2H2,1H3. The Morgan fingerprint density at radius 2 is 2.54 bits per heavy atom. The number of hydrogen-bond acceptors (Lipinski definition) is 3. The van der Waals surface area contributed by atoms with Gasteiger partial charge in [-0.1, -0.05) is 6.07 Å². The summed E-state index contributed by atoms with van der Waals surface area (Å²) < 4.78 is 0. The first-order valence-corrected chi connectivity index (χ1v) is 3.86. The van der Waals surface area contributed by atoms with Gasteiger partial charge in [0.25, 0.3) is 0 Å². The summed E-state index contributed by atoms with van der Waals surface area (Å²) in [4.78, 5) is 15.5. The van der Waals surface area contributed by atoms with Gasteiger partial charge in [-0.15, -0.1) is 0 Å². The van der Waals surface area contributed by atoms with E-state index in [1.54, 1.807) is 19.1 Å². The zero-order chi connectivity index (χ0) is 9.68. The quantitative estimate of drug-likeness (QED) is 0.557. The van der Waals surface area contributed by atoms with E-state index < -0.39 is 0 Å². The Labute approximate surface area is 76.3 Å². The maximum absolute atomic E-state index is 10.5. The van der Waals surface area contributed by atoms with Crippen molar-refractivity contribution in [2.24, 2.45) is 0 Å². The van der Waals surface area contributed by atoms with Crippen LogP contribution in [0.2, 0.25) is 0 Å². The van der Waals surface area contributed by atoms with Gasteiger partial charge >= 0.3 is 0 Å². The number of hydroxylamine groups is 1. The molecule has 1 aromatic carbocycles. The molecule has 1 N–H and O–H groups in total. The van der Waals surface area contributed by atoms with Gasteiger partial charge in [-0.2, -0.15) is 5.06 Å². The Hall–Kier alpha value is -1.55. The molecule has 13 heavy (non-hydrogen) atoms. The average molecular weight is 180 g/mol. The van der Waals surface area contributed by atoms with Crippen molar-refractivity contribution in [3.63, 3.8) is 0 Å². The van der Waals surface area contributed by atoms with Gasteiger partial charge in [-0.25, -0.2) is 0 Å². The number of aromatic hydroxyl groups is 1. The molecule has 0 aliphatic rings. The van der Waals surface area contributed by atoms with E-state index in [1.165, 1.54) is 6.07 Å². The molecule has 0 saturated heterocycles. The summed E-state index contributed by atoms with van der Waals surface area (Å²) in [7, 11) is 0. The van der Waals surface area contributed by atoms with Gasteiger partial charge in [0.1, 0.15) is 11.4 Å². The second-order valence-electron chi connectivity index (χ2n) is 2.26. The van der Waals surface area contributed by atoms with Crippen LogP contribution in [0.4, 0.5) is 5.69 Å². The van der Waals surface area contributed by atoms with E-state index in [-0.39, 0.29) is 5.75 Å². The zero-order valence-corrected chi connectivity index (χ0v) is 7.23. The average Bonchev–Trinajstić information content (AvgIpc) is 2.16. The molecule has 0 spiro atoms. The molecule has 4 nitrogen and oxygen atoms in total. The molecule has 0 saturated carbocycles. The minimum atomic E-state index is -0.0388. The monoisotopic (exact) mass is 180 g/mol. The number of hydrogen-bond donors (Lipinski definition) is 1. The number of anilines is 1. The third-order valence-electron chi connectivity index (χ3n) is 1.42. The Kier molecular flexibility index (Phi) is 3.28. The summed E-state index contributed by atoms with van der Waals surface area (Å²) in [6.45, 7) is 2.11. The molecule has 0 atom stereocenters. The summed E-state index contributed by atoms with van der Waals surface area (Å²) in [6.07, 6.45) is 0.499. The van der Waals surface area contributed by atoms with Crippen molar-refractivity contribution in [3.05, 3.63) is 24.3 Å². The van der Waals surface area contributed by atoms with E-state index in [4.69, 9.17) is 4.84 Å². The lowest BCUT2D eigenvalue weighted by atomic mass is 10.3. The molecule has 0 fully saturated rings. The molecule has 1 aromatic rings. The van der Waals surface area contributed by atoms with Gasteiger partial charge in [-0.3, -0.25) is 9.63 Å². The molecule has 1 radical (unpaired) electrons. The van der Waals surface area contributed by atoms with Crippen molar-refractivity contribution in [1.29, 1.82) is 0 Å². The van der Waals surface area contributed by atoms with Gasteiger partial charge in [0, 0.05) is 0 Å². The lowest BCUT2D eigenvalue weighted by Gasteiger charge is -2.16. The van der Waals surface area contributed by atoms with Crippen molar-refractivity contribution in [2.75, 3.05) is 11.7 Å². The van der Waals surface area contributed by atoms with Gasteiger partial charge in [0.2, 0.25) is 6.41 Å². The Balaban J connectivity index is 2.90. The van der Waals surface area contributed by atoms with Crippen LogP contribution in [0.3, 0.4) is 0 Å². The van der Waals surface area contributed by atoms with E-state index >= 15 is 0 Å². The van der Waals surface area contributed by atoms with Gasteiger partial charge in [0.15, 0.2) is 0 Å². The van der Waals surface area contributed by atoms with Gasteiger partial charge in [0.05, 0.1) is 6.61 Å². The van der Waals surface area contributed by atoms with Crippen molar-refractivity contribution in [3.8, 4) is 5.75 Å². The van der Waals surface area contributed by atoms with Gasteiger partial charge in [-0.05, 0) is 25.1 Å². The van der Waals surface area contributed by atoms with Gasteiger partial charge < -0.3 is 5.11 Å². The predicted molar refractivity (Wildman–Crippen MR) is 47.1 cm³/mol. The maximum atomic E-state index is 10.5. The van der Waals surface area contributed by atoms with Crippen molar-refractivity contribution in [2.45, 2.75) is 6.92 Å². The lowest BCUT2D eigenvalue weighted by molar-refractivity contribution is -0.113. The maximum Gasteiger partial charge on any atom is 0.238 e. The predicted octanol–water partition coefficient (Wildman–Crippen LogP) is 1.11. The van der Waals surface area contributed by atoms with E-state index in [0.29, 0.717) is 18.7 Å². The molecule has 0 aliphatic carbocycles. The summed E-state index contributed by atoms with van der Waals surface area (Å²) in [6, 6.07) is 7.17. The topological polar surface area (TPSA) is 49.8 Å². The summed E-state index contributed by atoms with van der Waals surface area (Å²) >= 11 is 0. The highest BCUT2D eigenvalue weighted by atomic mass is 16.7. The minimum Gasteiger partial charge on any atom is -0.506 e. The number of carbonyl (C=O) groups is 1. The number of benzene rings is 1. The number of amides is 1. The minimum absolute atomic E-state index is 0.0388. The molecule has 0 unspecified atom stereocenters. The fourth-order valence-electron chi connectivity index (χ4n) is 0.896. The molecular formula is C9H10NO3. The number of rotatable bonds is 4. The SMILES string of the molecule is CCON(C=O)c1cc[c]cc1O. The highest BCUT2D eigenvalue weighted by Gasteiger charge is 2.08. The second-order valence-corrected chi connectivity index (χ2v) is 2.26. The van der Waals surface area contributed by atoms with E-state index in [0.717, 1.165) is 5.06 Å². The van der Waals surface area contributed by atoms with Crippen molar-refractivity contribution >= 4 is 12.1 Å². The Morgan fingerprint density at radius 3 is 3.08 bits per heavy atom. The van der Waals surface area contributed by atoms with Crippen LogP contribution in [0.15, 0.2) is 18.2 Å². The highest BCUT2D eigenvalue weighted by molar-refractivity contribution is 5.75. The fraction of sp³-hybridized carbons (Fsp3) is 0.222. The molecule has 0 heterocycles. The van der Waals surface area contributed by atoms with E-state index in [9.17, 15) is 9.90 Å². The van der Waals surface area contributed by atoms with Crippen LogP contribution >= 0.6 is 0 Å². The fourth-order valence-corrected chi connectivity index (χ4v) is 0.896. The van der Waals surface area contributed by atoms with Crippen LogP contribution in [0, 0.1) is 6.07 Å². The normalized spacial score (nSPS) is 9.62. The lowest BCUT2D eigenvalue weighted by Crippen LogP contribution is -2.21. The second kappa shape index (κ2) is 4.47. The first-order valence-electron chi connectivity index (χ1n) is 3.86. The highest BCUT2D eigenvalue weighted by Crippen LogP contribution is 2.24. The number of nitrogens with zero attached hydrogens (tertiary/aromatic N) is 1. The zero-order valence-electron chi connectivity index (χ0n) is 7.23. The van der Waals surface area contributed by atoms with Crippen molar-refractivity contribution in [1.82, 2.24) is 0 Å². The first kappa shape index (κ1) is 9.54. The molecule has 1 rings (SSSR count). The van der Waals surface area contributed by atoms with Crippen LogP contribution in [-0.2, 0) is 9.63 Å². The summed E-state index contributed by atoms with van der Waals surface area (Å²) in [5, 5.41) is 10.3. The third kappa shape index (κ3) is 2.19. The molecule has 0 aliphatic heterocycles. The Morgan fingerprint density at radius 1 is 1.77 bits per heavy atom. The molecule has 69 valence electrons. The van der Waals surface area contributed by atoms with Crippen LogP contribution in [-0.4, -0.2) is 18.1 Å². The van der Waals surface area contributed by atoms with Crippen LogP contribution in [0.25, 0.3) is 0 Å². The van der Waals surface area contributed by atoms with Crippen LogP contribution in [0.5, 0.6) is 5.75 Å². The molecule has 4 heteroatoms. The van der Waals surface area contributed by atoms with Crippen molar-refractivity contribution < 1.29 is 14.7 Å². The molecule has 0 bridgehead atoms. The number of phenolic OH excluding ortho intramolecular Hbond substituents is 1. The summed E-state index contributed by atoms with van der Waals surface area (Å²) in [5.41, 5.74) is 0.315. The van der Waals surface area contributed by atoms with E-state index in [2.05, 4.69) is 6.07 Å². The molecular weight excluding hydrogens is 170 g/mol. The Bertz CT molecular complexity index is 288. The number of carbonyl (C=O) groups excluding carboxylic acids is 1. The van der Waals surface area contributed by atoms with E-state index in [1.807, 2.05) is 0 Å². The number of phenols is 1. The van der Waals surface area contributed by atoms with Crippen LogP contribution in [0.1, 0.15) is 6.92 Å². The third-order valence-corrected chi connectivity index (χ3v) is 1.42. The van der Waals surface area contributed by atoms with Crippen LogP contribution < -0.4 is 5.06 Å². The smallest absolute Gasteiger partial charge is 0.238 e. The largest absolute Gasteiger partial charge is 0.506 e. The molecule has 0 aromatic heterocycles. The summed E-state index contributed by atoms with van der Waals surface area (Å²) in [5.74, 6) is -0.0388.